The number of thiazole rings is 1. The van der Waals surface area contributed by atoms with Crippen LogP contribution in [0.25, 0.3) is 10.2 Å². The molecule has 0 aliphatic rings. The minimum atomic E-state index is 0.0345. The van der Waals surface area contributed by atoms with Crippen molar-refractivity contribution in [2.75, 3.05) is 10.7 Å². The summed E-state index contributed by atoms with van der Waals surface area (Å²) in [6.45, 7) is 4.67. The predicted octanol–water partition coefficient (Wildman–Crippen LogP) is 6.89. The van der Waals surface area contributed by atoms with Crippen molar-refractivity contribution in [2.45, 2.75) is 25.3 Å². The monoisotopic (exact) mass is 452 g/mol. The van der Waals surface area contributed by atoms with Gasteiger partial charge in [0.1, 0.15) is 0 Å². The number of hydrogen-bond donors (Lipinski definition) is 0. The Kier molecular flexibility index (Phi) is 6.42. The summed E-state index contributed by atoms with van der Waals surface area (Å²) in [4.78, 5) is 20.9. The third-order valence-corrected chi connectivity index (χ3v) is 7.26. The van der Waals surface area contributed by atoms with Gasteiger partial charge in [0.2, 0.25) is 5.91 Å². The van der Waals surface area contributed by atoms with Crippen LogP contribution >= 0.6 is 34.7 Å². The SMILES string of the molecule is Cc1ccc2sc(N(Cc3ccccc3)C(=O)CSc3ccc(Cl)cc3)nc2c1C. The van der Waals surface area contributed by atoms with Crippen molar-refractivity contribution in [1.82, 2.24) is 4.98 Å². The summed E-state index contributed by atoms with van der Waals surface area (Å²) in [6, 6.07) is 21.8. The number of carbonyl (C=O) groups is 1. The summed E-state index contributed by atoms with van der Waals surface area (Å²) in [7, 11) is 0. The molecule has 0 atom stereocenters. The number of anilines is 1. The van der Waals surface area contributed by atoms with E-state index in [1.165, 1.54) is 17.3 Å². The first kappa shape index (κ1) is 20.9. The highest BCUT2D eigenvalue weighted by molar-refractivity contribution is 8.00. The lowest BCUT2D eigenvalue weighted by molar-refractivity contribution is -0.116. The second-order valence-electron chi connectivity index (χ2n) is 7.06. The van der Waals surface area contributed by atoms with Crippen LogP contribution in [0.5, 0.6) is 0 Å². The summed E-state index contributed by atoms with van der Waals surface area (Å²) < 4.78 is 1.10. The van der Waals surface area contributed by atoms with E-state index in [2.05, 4.69) is 26.0 Å². The summed E-state index contributed by atoms with van der Waals surface area (Å²) >= 11 is 9.04. The number of nitrogens with zero attached hydrogens (tertiary/aromatic N) is 2. The first-order valence-corrected chi connectivity index (χ1v) is 11.8. The van der Waals surface area contributed by atoms with Crippen LogP contribution in [-0.2, 0) is 11.3 Å². The van der Waals surface area contributed by atoms with Gasteiger partial charge in [-0.2, -0.15) is 0 Å². The van der Waals surface area contributed by atoms with E-state index in [0.29, 0.717) is 17.3 Å². The fourth-order valence-corrected chi connectivity index (χ4v) is 5.05. The lowest BCUT2D eigenvalue weighted by atomic mass is 10.1. The molecule has 152 valence electrons. The smallest absolute Gasteiger partial charge is 0.239 e. The third kappa shape index (κ3) is 4.69. The average Bonchev–Trinajstić information content (AvgIpc) is 3.19. The van der Waals surface area contributed by atoms with Gasteiger partial charge in [0.15, 0.2) is 5.13 Å². The van der Waals surface area contributed by atoms with Crippen LogP contribution in [0.2, 0.25) is 5.02 Å². The number of hydrogen-bond acceptors (Lipinski definition) is 4. The van der Waals surface area contributed by atoms with Gasteiger partial charge >= 0.3 is 0 Å². The van der Waals surface area contributed by atoms with Crippen LogP contribution in [0.1, 0.15) is 16.7 Å². The Morgan fingerprint density at radius 1 is 1.03 bits per heavy atom. The summed E-state index contributed by atoms with van der Waals surface area (Å²) in [5, 5.41) is 1.43. The van der Waals surface area contributed by atoms with Crippen LogP contribution in [0.15, 0.2) is 71.6 Å². The maximum Gasteiger partial charge on any atom is 0.239 e. The molecule has 3 aromatic carbocycles. The van der Waals surface area contributed by atoms with Crippen molar-refractivity contribution in [3.8, 4) is 0 Å². The van der Waals surface area contributed by atoms with Crippen molar-refractivity contribution in [3.63, 3.8) is 0 Å². The Hall–Kier alpha value is -2.34. The van der Waals surface area contributed by atoms with Gasteiger partial charge in [0.25, 0.3) is 0 Å². The van der Waals surface area contributed by atoms with Crippen LogP contribution < -0.4 is 4.90 Å². The number of aryl methyl sites for hydroxylation is 2. The van der Waals surface area contributed by atoms with Crippen molar-refractivity contribution >= 4 is 56.0 Å². The normalized spacial score (nSPS) is 11.0. The van der Waals surface area contributed by atoms with Crippen LogP contribution in [-0.4, -0.2) is 16.6 Å². The first-order chi connectivity index (χ1) is 14.5. The Morgan fingerprint density at radius 3 is 2.50 bits per heavy atom. The van der Waals surface area contributed by atoms with E-state index in [9.17, 15) is 4.79 Å². The molecule has 0 unspecified atom stereocenters. The highest BCUT2D eigenvalue weighted by Crippen LogP contribution is 2.33. The highest BCUT2D eigenvalue weighted by atomic mass is 35.5. The molecule has 0 fully saturated rings. The van der Waals surface area contributed by atoms with E-state index >= 15 is 0 Å². The Balaban J connectivity index is 1.63. The molecule has 1 heterocycles. The van der Waals surface area contributed by atoms with Crippen molar-refractivity contribution in [1.29, 1.82) is 0 Å². The third-order valence-electron chi connectivity index (χ3n) is 4.96. The molecule has 1 amide bonds. The molecule has 0 radical (unpaired) electrons. The number of halogens is 1. The second kappa shape index (κ2) is 9.21. The molecule has 0 aliphatic heterocycles. The van der Waals surface area contributed by atoms with Gasteiger partial charge in [-0.3, -0.25) is 9.69 Å². The van der Waals surface area contributed by atoms with E-state index in [1.54, 1.807) is 16.2 Å². The average molecular weight is 453 g/mol. The van der Waals surface area contributed by atoms with Crippen molar-refractivity contribution in [3.05, 3.63) is 88.4 Å². The van der Waals surface area contributed by atoms with E-state index in [0.717, 1.165) is 31.4 Å². The fourth-order valence-electron chi connectivity index (χ4n) is 3.11. The van der Waals surface area contributed by atoms with Crippen LogP contribution in [0.3, 0.4) is 0 Å². The zero-order valence-corrected chi connectivity index (χ0v) is 19.2. The second-order valence-corrected chi connectivity index (χ2v) is 9.55. The summed E-state index contributed by atoms with van der Waals surface area (Å²) in [5.41, 5.74) is 4.43. The molecule has 0 aliphatic carbocycles. The molecule has 3 nitrogen and oxygen atoms in total. The summed E-state index contributed by atoms with van der Waals surface area (Å²) in [6.07, 6.45) is 0. The standard InChI is InChI=1S/C24H21ClN2OS2/c1-16-8-13-21-23(17(16)2)26-24(30-21)27(14-18-6-4-3-5-7-18)22(28)15-29-20-11-9-19(25)10-12-20/h3-13H,14-15H2,1-2H3. The van der Waals surface area contributed by atoms with E-state index < -0.39 is 0 Å². The number of fused-ring (bicyclic) bond motifs is 1. The lowest BCUT2D eigenvalue weighted by Crippen LogP contribution is -2.31. The Labute approximate surface area is 189 Å². The van der Waals surface area contributed by atoms with Gasteiger partial charge in [0.05, 0.1) is 22.5 Å². The van der Waals surface area contributed by atoms with Gasteiger partial charge in [-0.05, 0) is 60.9 Å². The molecule has 30 heavy (non-hydrogen) atoms. The van der Waals surface area contributed by atoms with Gasteiger partial charge < -0.3 is 0 Å². The molecule has 6 heteroatoms. The minimum absolute atomic E-state index is 0.0345. The first-order valence-electron chi connectivity index (χ1n) is 9.60. The summed E-state index contributed by atoms with van der Waals surface area (Å²) in [5.74, 6) is 0.370. The lowest BCUT2D eigenvalue weighted by Gasteiger charge is -2.20. The zero-order chi connectivity index (χ0) is 21.1. The van der Waals surface area contributed by atoms with E-state index in [-0.39, 0.29) is 5.91 Å². The van der Waals surface area contributed by atoms with E-state index in [4.69, 9.17) is 16.6 Å². The molecular weight excluding hydrogens is 432 g/mol. The molecular formula is C24H21ClN2OS2. The topological polar surface area (TPSA) is 33.2 Å². The number of carbonyl (C=O) groups excluding carboxylic acids is 1. The molecule has 0 N–H and O–H groups in total. The van der Waals surface area contributed by atoms with E-state index in [1.807, 2.05) is 54.6 Å². The zero-order valence-electron chi connectivity index (χ0n) is 16.8. The number of amides is 1. The van der Waals surface area contributed by atoms with Crippen LogP contribution in [0.4, 0.5) is 5.13 Å². The fraction of sp³-hybridized carbons (Fsp3) is 0.167. The maximum absolute atomic E-state index is 13.3. The number of benzene rings is 3. The largest absolute Gasteiger partial charge is 0.283 e. The molecule has 4 rings (SSSR count). The highest BCUT2D eigenvalue weighted by Gasteiger charge is 2.21. The molecule has 0 saturated carbocycles. The van der Waals surface area contributed by atoms with Gasteiger partial charge in [0, 0.05) is 9.92 Å². The Bertz CT molecular complexity index is 1170. The van der Waals surface area contributed by atoms with Crippen molar-refractivity contribution in [2.24, 2.45) is 0 Å². The predicted molar refractivity (Wildman–Crippen MR) is 129 cm³/mol. The molecule has 0 bridgehead atoms. The Morgan fingerprint density at radius 2 is 1.77 bits per heavy atom. The van der Waals surface area contributed by atoms with Gasteiger partial charge in [-0.15, -0.1) is 11.8 Å². The quantitative estimate of drug-likeness (QED) is 0.298. The number of rotatable bonds is 6. The van der Waals surface area contributed by atoms with Crippen LogP contribution in [0, 0.1) is 13.8 Å². The maximum atomic E-state index is 13.3. The number of aromatic nitrogens is 1. The van der Waals surface area contributed by atoms with Crippen molar-refractivity contribution < 1.29 is 4.79 Å². The van der Waals surface area contributed by atoms with Gasteiger partial charge in [-0.1, -0.05) is 59.3 Å². The minimum Gasteiger partial charge on any atom is -0.283 e. The number of thioether (sulfide) groups is 1. The molecule has 0 saturated heterocycles. The molecule has 0 spiro atoms. The van der Waals surface area contributed by atoms with Gasteiger partial charge in [-0.25, -0.2) is 4.98 Å². The molecule has 1 aromatic heterocycles. The molecule has 4 aromatic rings.